The highest BCUT2D eigenvalue weighted by Gasteiger charge is 2.49. The molecule has 0 aliphatic carbocycles. The summed E-state index contributed by atoms with van der Waals surface area (Å²) in [7, 11) is -1.66. The Labute approximate surface area is 178 Å². The third-order valence-corrected chi connectivity index (χ3v) is 5.71. The normalized spacial score (nSPS) is 14.6. The van der Waals surface area contributed by atoms with Crippen molar-refractivity contribution in [2.24, 2.45) is 0 Å². The number of hydrogen-bond acceptors (Lipinski definition) is 6. The fourth-order valence-corrected chi connectivity index (χ4v) is 3.58. The van der Waals surface area contributed by atoms with Crippen LogP contribution in [0.4, 0.5) is 18.9 Å². The van der Waals surface area contributed by atoms with E-state index in [1.54, 1.807) is 0 Å². The minimum absolute atomic E-state index is 0.0306. The average Bonchev–Trinajstić information content (AvgIpc) is 2.69. The summed E-state index contributed by atoms with van der Waals surface area (Å²) in [6.07, 6.45) is -4.81. The van der Waals surface area contributed by atoms with Crippen LogP contribution < -0.4 is 5.32 Å². The van der Waals surface area contributed by atoms with E-state index in [0.717, 1.165) is 0 Å². The number of rotatable bonds is 8. The topological polar surface area (TPSA) is 95.9 Å². The van der Waals surface area contributed by atoms with Crippen LogP contribution in [0.5, 0.6) is 0 Å². The second-order valence-corrected chi connectivity index (χ2v) is 8.31. The minimum Gasteiger partial charge on any atom is -0.460 e. The molecule has 0 saturated heterocycles. The number of aliphatic hydroxyl groups is 2. The maximum atomic E-state index is 12.7. The van der Waals surface area contributed by atoms with Crippen molar-refractivity contribution in [3.63, 3.8) is 0 Å². The standard InChI is InChI=1S/C19H19ClF3NO5S/c1-18(27,19(21,22)23)11-24-16-7-6-14(10-15(16)20)30(28)13-4-2-12(3-5-13)17(26)29-9-8-25/h2-7,10,24-25,27H,8-9,11H2,1H3/t18-,30?/m1/s1. The maximum absolute atomic E-state index is 12.7. The number of carbonyl (C=O) groups is 1. The SMILES string of the molecule is C[C@@](O)(CNc1ccc(S(=O)c2ccc(C(=O)OCCO)cc2)cc1Cl)C(F)(F)F. The Kier molecular flexibility index (Phi) is 7.87. The number of alkyl halides is 3. The lowest BCUT2D eigenvalue weighted by molar-refractivity contribution is -0.246. The van der Waals surface area contributed by atoms with Crippen LogP contribution in [0.3, 0.4) is 0 Å². The zero-order chi connectivity index (χ0) is 22.5. The Bertz CT molecular complexity index is 919. The fourth-order valence-electron chi connectivity index (χ4n) is 2.19. The molecular weight excluding hydrogens is 447 g/mol. The van der Waals surface area contributed by atoms with E-state index in [1.165, 1.54) is 42.5 Å². The largest absolute Gasteiger partial charge is 0.460 e. The summed E-state index contributed by atoms with van der Waals surface area (Å²) in [5, 5.41) is 20.6. The molecule has 1 unspecified atom stereocenters. The highest BCUT2D eigenvalue weighted by atomic mass is 35.5. The van der Waals surface area contributed by atoms with E-state index in [2.05, 4.69) is 5.32 Å². The molecule has 2 rings (SSSR count). The van der Waals surface area contributed by atoms with E-state index < -0.39 is 35.1 Å². The maximum Gasteiger partial charge on any atom is 0.418 e. The van der Waals surface area contributed by atoms with Gasteiger partial charge in [-0.05, 0) is 49.4 Å². The zero-order valence-corrected chi connectivity index (χ0v) is 17.3. The molecule has 0 aliphatic rings. The van der Waals surface area contributed by atoms with Crippen LogP contribution in [-0.4, -0.2) is 51.9 Å². The lowest BCUT2D eigenvalue weighted by atomic mass is 10.1. The van der Waals surface area contributed by atoms with Crippen LogP contribution in [0.25, 0.3) is 0 Å². The summed E-state index contributed by atoms with van der Waals surface area (Å²) >= 11 is 6.08. The Morgan fingerprint density at radius 3 is 2.30 bits per heavy atom. The molecule has 6 nitrogen and oxygen atoms in total. The smallest absolute Gasteiger partial charge is 0.418 e. The van der Waals surface area contributed by atoms with Crippen molar-refractivity contribution in [3.8, 4) is 0 Å². The molecule has 2 atom stereocenters. The monoisotopic (exact) mass is 465 g/mol. The summed E-state index contributed by atoms with van der Waals surface area (Å²) in [6.45, 7) is -0.607. The first-order valence-corrected chi connectivity index (χ1v) is 10.1. The quantitative estimate of drug-likeness (QED) is 0.517. The van der Waals surface area contributed by atoms with Crippen molar-refractivity contribution in [2.45, 2.75) is 28.5 Å². The van der Waals surface area contributed by atoms with Gasteiger partial charge in [0, 0.05) is 9.79 Å². The molecule has 0 saturated carbocycles. The number of halogens is 4. The van der Waals surface area contributed by atoms with Gasteiger partial charge < -0.3 is 20.3 Å². The second-order valence-electron chi connectivity index (χ2n) is 6.42. The van der Waals surface area contributed by atoms with Crippen molar-refractivity contribution >= 4 is 34.1 Å². The summed E-state index contributed by atoms with van der Waals surface area (Å²) < 4.78 is 55.7. The molecule has 0 amide bonds. The van der Waals surface area contributed by atoms with E-state index >= 15 is 0 Å². The van der Waals surface area contributed by atoms with Gasteiger partial charge in [-0.25, -0.2) is 9.00 Å². The number of anilines is 1. The van der Waals surface area contributed by atoms with Crippen LogP contribution in [0.15, 0.2) is 52.3 Å². The molecule has 2 aromatic carbocycles. The van der Waals surface area contributed by atoms with E-state index in [-0.39, 0.29) is 29.5 Å². The lowest BCUT2D eigenvalue weighted by Crippen LogP contribution is -2.47. The van der Waals surface area contributed by atoms with Crippen molar-refractivity contribution in [3.05, 3.63) is 53.1 Å². The molecule has 0 spiro atoms. The fraction of sp³-hybridized carbons (Fsp3) is 0.316. The highest BCUT2D eigenvalue weighted by Crippen LogP contribution is 2.32. The number of carbonyl (C=O) groups excluding carboxylic acids is 1. The summed E-state index contributed by atoms with van der Waals surface area (Å²) in [4.78, 5) is 12.4. The van der Waals surface area contributed by atoms with Crippen molar-refractivity contribution < 1.29 is 37.1 Å². The second kappa shape index (κ2) is 9.78. The predicted octanol–water partition coefficient (Wildman–Crippen LogP) is 3.38. The summed E-state index contributed by atoms with van der Waals surface area (Å²) in [6, 6.07) is 9.90. The molecule has 0 aliphatic heterocycles. The highest BCUT2D eigenvalue weighted by molar-refractivity contribution is 7.85. The number of nitrogens with one attached hydrogen (secondary N) is 1. The number of ether oxygens (including phenoxy) is 1. The lowest BCUT2D eigenvalue weighted by Gasteiger charge is -2.27. The first-order chi connectivity index (χ1) is 14.0. The predicted molar refractivity (Wildman–Crippen MR) is 105 cm³/mol. The third-order valence-electron chi connectivity index (χ3n) is 4.02. The van der Waals surface area contributed by atoms with Gasteiger partial charge in [0.25, 0.3) is 0 Å². The van der Waals surface area contributed by atoms with Crippen LogP contribution in [0, 0.1) is 0 Å². The van der Waals surface area contributed by atoms with Crippen LogP contribution >= 0.6 is 11.6 Å². The van der Waals surface area contributed by atoms with Crippen LogP contribution in [0.1, 0.15) is 17.3 Å². The molecule has 30 heavy (non-hydrogen) atoms. The first-order valence-electron chi connectivity index (χ1n) is 8.58. The van der Waals surface area contributed by atoms with Gasteiger partial charge >= 0.3 is 12.1 Å². The van der Waals surface area contributed by atoms with Gasteiger partial charge in [0.05, 0.1) is 40.2 Å². The van der Waals surface area contributed by atoms with Crippen molar-refractivity contribution in [1.82, 2.24) is 0 Å². The van der Waals surface area contributed by atoms with Gasteiger partial charge in [-0.3, -0.25) is 0 Å². The Morgan fingerprint density at radius 1 is 1.17 bits per heavy atom. The molecule has 0 heterocycles. The van der Waals surface area contributed by atoms with Crippen molar-refractivity contribution in [2.75, 3.05) is 25.1 Å². The summed E-state index contributed by atoms with van der Waals surface area (Å²) in [5.41, 5.74) is -2.58. The van der Waals surface area contributed by atoms with Gasteiger partial charge in [-0.1, -0.05) is 11.6 Å². The van der Waals surface area contributed by atoms with Gasteiger partial charge in [0.1, 0.15) is 6.61 Å². The molecule has 0 bridgehead atoms. The van der Waals surface area contributed by atoms with Gasteiger partial charge in [-0.2, -0.15) is 13.2 Å². The number of hydrogen-bond donors (Lipinski definition) is 3. The number of benzene rings is 2. The Morgan fingerprint density at radius 2 is 1.77 bits per heavy atom. The minimum atomic E-state index is -4.81. The van der Waals surface area contributed by atoms with Crippen molar-refractivity contribution in [1.29, 1.82) is 0 Å². The molecule has 3 N–H and O–H groups in total. The van der Waals surface area contributed by atoms with Gasteiger partial charge in [-0.15, -0.1) is 0 Å². The van der Waals surface area contributed by atoms with Crippen LogP contribution in [-0.2, 0) is 15.5 Å². The molecule has 2 aromatic rings. The van der Waals surface area contributed by atoms with E-state index in [1.807, 2.05) is 0 Å². The zero-order valence-electron chi connectivity index (χ0n) is 15.7. The first kappa shape index (κ1) is 24.1. The summed E-state index contributed by atoms with van der Waals surface area (Å²) in [5.74, 6) is -0.630. The molecule has 0 fully saturated rings. The van der Waals surface area contributed by atoms with Crippen LogP contribution in [0.2, 0.25) is 5.02 Å². The number of esters is 1. The molecule has 0 aromatic heterocycles. The molecule has 0 radical (unpaired) electrons. The van der Waals surface area contributed by atoms with E-state index in [4.69, 9.17) is 21.4 Å². The van der Waals surface area contributed by atoms with Gasteiger partial charge in [0.15, 0.2) is 5.60 Å². The number of aliphatic hydroxyl groups excluding tert-OH is 1. The Hall–Kier alpha value is -2.14. The van der Waals surface area contributed by atoms with E-state index in [0.29, 0.717) is 16.7 Å². The molecule has 164 valence electrons. The average molecular weight is 466 g/mol. The van der Waals surface area contributed by atoms with E-state index in [9.17, 15) is 27.3 Å². The van der Waals surface area contributed by atoms with Gasteiger partial charge in [0.2, 0.25) is 0 Å². The third kappa shape index (κ3) is 5.94. The molecule has 11 heteroatoms. The Balaban J connectivity index is 2.10. The molecular formula is C19H19ClF3NO5S.